The summed E-state index contributed by atoms with van der Waals surface area (Å²) in [5.41, 5.74) is 1.26. The Balaban J connectivity index is 2.22. The van der Waals surface area contributed by atoms with Crippen molar-refractivity contribution in [1.82, 2.24) is 4.72 Å². The van der Waals surface area contributed by atoms with Crippen LogP contribution in [0.2, 0.25) is 0 Å². The van der Waals surface area contributed by atoms with Crippen LogP contribution >= 0.6 is 0 Å². The van der Waals surface area contributed by atoms with Gasteiger partial charge in [-0.25, -0.2) is 13.1 Å². The van der Waals surface area contributed by atoms with Gasteiger partial charge in [0.2, 0.25) is 0 Å². The van der Waals surface area contributed by atoms with Crippen molar-refractivity contribution in [2.24, 2.45) is 0 Å². The van der Waals surface area contributed by atoms with Crippen LogP contribution < -0.4 is 10.0 Å². The third kappa shape index (κ3) is 3.87. The molecule has 0 atom stereocenters. The first-order valence-electron chi connectivity index (χ1n) is 7.90. The molecule has 0 bridgehead atoms. The van der Waals surface area contributed by atoms with Gasteiger partial charge in [-0.05, 0) is 30.0 Å². The molecular weight excluding hydrogens is 332 g/mol. The average molecular weight is 354 g/mol. The summed E-state index contributed by atoms with van der Waals surface area (Å²) in [6.45, 7) is 6.04. The Kier molecular flexibility index (Phi) is 5.48. The Morgan fingerprint density at radius 3 is 2.67 bits per heavy atom. The number of esters is 1. The maximum atomic E-state index is 12.1. The molecule has 0 saturated carbocycles. The molecule has 24 heavy (non-hydrogen) atoms. The van der Waals surface area contributed by atoms with Crippen LogP contribution in [0.4, 0.5) is 5.69 Å². The number of fused-ring (bicyclic) bond motifs is 1. The molecule has 1 heterocycles. The molecule has 1 aromatic rings. The molecule has 0 spiro atoms. The van der Waals surface area contributed by atoms with Gasteiger partial charge in [-0.3, -0.25) is 9.59 Å². The molecule has 0 radical (unpaired) electrons. The lowest BCUT2D eigenvalue weighted by Crippen LogP contribution is -2.21. The van der Waals surface area contributed by atoms with Gasteiger partial charge in [0.25, 0.3) is 15.9 Å². The minimum Gasteiger partial charge on any atom is -0.464 e. The smallest absolute Gasteiger partial charge is 0.325 e. The molecule has 0 fully saturated rings. The minimum absolute atomic E-state index is 0.0453. The SMILES string of the molecule is CCCCOC(=O)CNc1cc(C(C)C)c2c(c1)S(=O)(=O)NC2=O. The van der Waals surface area contributed by atoms with Gasteiger partial charge in [0.15, 0.2) is 0 Å². The number of benzene rings is 1. The van der Waals surface area contributed by atoms with E-state index in [-0.39, 0.29) is 22.9 Å². The molecule has 1 aliphatic heterocycles. The Hall–Kier alpha value is -2.09. The van der Waals surface area contributed by atoms with E-state index in [9.17, 15) is 18.0 Å². The number of hydrogen-bond acceptors (Lipinski definition) is 6. The van der Waals surface area contributed by atoms with Gasteiger partial charge >= 0.3 is 5.97 Å². The van der Waals surface area contributed by atoms with E-state index in [0.29, 0.717) is 17.9 Å². The highest BCUT2D eigenvalue weighted by atomic mass is 32.2. The molecule has 7 nitrogen and oxygen atoms in total. The predicted octanol–water partition coefficient (Wildman–Crippen LogP) is 2.00. The molecule has 0 saturated heterocycles. The fourth-order valence-corrected chi connectivity index (χ4v) is 3.65. The summed E-state index contributed by atoms with van der Waals surface area (Å²) >= 11 is 0. The van der Waals surface area contributed by atoms with E-state index in [4.69, 9.17) is 4.74 Å². The van der Waals surface area contributed by atoms with Gasteiger partial charge in [-0.1, -0.05) is 27.2 Å². The number of sulfonamides is 1. The minimum atomic E-state index is -3.85. The number of hydrogen-bond donors (Lipinski definition) is 2. The van der Waals surface area contributed by atoms with Crippen LogP contribution in [-0.2, 0) is 19.6 Å². The van der Waals surface area contributed by atoms with E-state index in [1.165, 1.54) is 6.07 Å². The highest BCUT2D eigenvalue weighted by molar-refractivity contribution is 7.90. The van der Waals surface area contributed by atoms with Crippen molar-refractivity contribution < 1.29 is 22.7 Å². The first kappa shape index (κ1) is 18.3. The number of rotatable bonds is 7. The zero-order valence-corrected chi connectivity index (χ0v) is 14.8. The van der Waals surface area contributed by atoms with Crippen LogP contribution in [0, 0.1) is 0 Å². The summed E-state index contributed by atoms with van der Waals surface area (Å²) in [7, 11) is -3.85. The summed E-state index contributed by atoms with van der Waals surface area (Å²) in [6, 6.07) is 3.07. The molecule has 132 valence electrons. The second kappa shape index (κ2) is 7.21. The molecule has 8 heteroatoms. The lowest BCUT2D eigenvalue weighted by atomic mass is 9.96. The molecule has 1 aliphatic rings. The van der Waals surface area contributed by atoms with Crippen molar-refractivity contribution in [3.63, 3.8) is 0 Å². The third-order valence-electron chi connectivity index (χ3n) is 3.70. The number of anilines is 1. The van der Waals surface area contributed by atoms with Gasteiger partial charge < -0.3 is 10.1 Å². The average Bonchev–Trinajstić information content (AvgIpc) is 2.74. The van der Waals surface area contributed by atoms with E-state index in [1.807, 2.05) is 25.5 Å². The molecule has 0 aliphatic carbocycles. The molecule has 1 amide bonds. The fraction of sp³-hybridized carbons (Fsp3) is 0.500. The van der Waals surface area contributed by atoms with E-state index in [2.05, 4.69) is 5.32 Å². The molecular formula is C16H22N2O5S. The molecule has 0 aromatic heterocycles. The largest absolute Gasteiger partial charge is 0.464 e. The van der Waals surface area contributed by atoms with Crippen LogP contribution in [0.5, 0.6) is 0 Å². The maximum absolute atomic E-state index is 12.1. The topological polar surface area (TPSA) is 102 Å². The van der Waals surface area contributed by atoms with Crippen LogP contribution in [0.15, 0.2) is 17.0 Å². The maximum Gasteiger partial charge on any atom is 0.325 e. The normalized spacial score (nSPS) is 15.1. The van der Waals surface area contributed by atoms with Crippen molar-refractivity contribution in [1.29, 1.82) is 0 Å². The van der Waals surface area contributed by atoms with Gasteiger partial charge in [0, 0.05) is 5.69 Å². The Morgan fingerprint density at radius 1 is 1.33 bits per heavy atom. The monoisotopic (exact) mass is 354 g/mol. The number of carbonyl (C=O) groups excluding carboxylic acids is 2. The van der Waals surface area contributed by atoms with E-state index in [0.717, 1.165) is 12.8 Å². The third-order valence-corrected chi connectivity index (χ3v) is 5.05. The number of unbranched alkanes of at least 4 members (excludes halogenated alkanes) is 1. The lowest BCUT2D eigenvalue weighted by molar-refractivity contribution is -0.141. The van der Waals surface area contributed by atoms with Crippen LogP contribution in [0.3, 0.4) is 0 Å². The Bertz CT molecular complexity index is 756. The lowest BCUT2D eigenvalue weighted by Gasteiger charge is -2.13. The van der Waals surface area contributed by atoms with Crippen molar-refractivity contribution in [3.8, 4) is 0 Å². The van der Waals surface area contributed by atoms with Gasteiger partial charge in [0.05, 0.1) is 12.2 Å². The van der Waals surface area contributed by atoms with E-state index >= 15 is 0 Å². The summed E-state index contributed by atoms with van der Waals surface area (Å²) in [5, 5.41) is 2.87. The zero-order chi connectivity index (χ0) is 17.9. The Labute approximate surface area is 141 Å². The van der Waals surface area contributed by atoms with Crippen molar-refractivity contribution in [2.45, 2.75) is 44.4 Å². The van der Waals surface area contributed by atoms with Crippen molar-refractivity contribution >= 4 is 27.6 Å². The molecule has 2 N–H and O–H groups in total. The van der Waals surface area contributed by atoms with Crippen molar-refractivity contribution in [3.05, 3.63) is 23.3 Å². The highest BCUT2D eigenvalue weighted by Gasteiger charge is 2.35. The molecule has 2 rings (SSSR count). The van der Waals surface area contributed by atoms with Crippen LogP contribution in [0.1, 0.15) is 55.5 Å². The number of amides is 1. The fourth-order valence-electron chi connectivity index (χ4n) is 2.43. The Morgan fingerprint density at radius 2 is 2.04 bits per heavy atom. The van der Waals surface area contributed by atoms with Gasteiger partial charge in [0.1, 0.15) is 11.4 Å². The summed E-state index contributed by atoms with van der Waals surface area (Å²) in [5.74, 6) is -1.07. The van der Waals surface area contributed by atoms with Crippen molar-refractivity contribution in [2.75, 3.05) is 18.5 Å². The summed E-state index contributed by atoms with van der Waals surface area (Å²) < 4.78 is 31.1. The second-order valence-electron chi connectivity index (χ2n) is 5.96. The summed E-state index contributed by atoms with van der Waals surface area (Å²) in [4.78, 5) is 23.5. The first-order valence-corrected chi connectivity index (χ1v) is 9.39. The van der Waals surface area contributed by atoms with Crippen LogP contribution in [-0.4, -0.2) is 33.4 Å². The van der Waals surface area contributed by atoms with E-state index < -0.39 is 21.9 Å². The summed E-state index contributed by atoms with van der Waals surface area (Å²) in [6.07, 6.45) is 1.73. The molecule has 1 aromatic carbocycles. The van der Waals surface area contributed by atoms with E-state index in [1.54, 1.807) is 6.07 Å². The number of nitrogens with one attached hydrogen (secondary N) is 2. The standard InChI is InChI=1S/C16H22N2O5S/c1-4-5-6-23-14(19)9-17-11-7-12(10(2)3)15-13(8-11)24(21,22)18-16(15)20/h7-8,10,17H,4-6,9H2,1-3H3,(H,18,20). The highest BCUT2D eigenvalue weighted by Crippen LogP contribution is 2.33. The number of ether oxygens (including phenoxy) is 1. The quantitative estimate of drug-likeness (QED) is 0.574. The van der Waals surface area contributed by atoms with Crippen LogP contribution in [0.25, 0.3) is 0 Å². The van der Waals surface area contributed by atoms with Gasteiger partial charge in [-0.2, -0.15) is 0 Å². The molecule has 0 unspecified atom stereocenters. The second-order valence-corrected chi connectivity index (χ2v) is 7.61. The van der Waals surface area contributed by atoms with Gasteiger partial charge in [-0.15, -0.1) is 0 Å². The number of carbonyl (C=O) groups is 2. The first-order chi connectivity index (χ1) is 11.3. The zero-order valence-electron chi connectivity index (χ0n) is 14.0. The predicted molar refractivity (Wildman–Crippen MR) is 89.5 cm³/mol.